The molecule has 0 aromatic heterocycles. The van der Waals surface area contributed by atoms with E-state index in [0.29, 0.717) is 19.3 Å². The van der Waals surface area contributed by atoms with Crippen molar-refractivity contribution in [2.45, 2.75) is 386 Å². The Morgan fingerprint density at radius 3 is 0.667 bits per heavy atom. The zero-order chi connectivity index (χ0) is 54.3. The lowest BCUT2D eigenvalue weighted by Gasteiger charge is -2.18. The Morgan fingerprint density at radius 1 is 0.253 bits per heavy atom. The van der Waals surface area contributed by atoms with E-state index in [1.807, 2.05) is 0 Å². The van der Waals surface area contributed by atoms with Gasteiger partial charge in [-0.05, 0) is 70.6 Å². The van der Waals surface area contributed by atoms with E-state index in [9.17, 15) is 14.4 Å². The lowest BCUT2D eigenvalue weighted by atomic mass is 10.0. The standard InChI is InChI=1S/C69H130O6/c1-4-7-10-13-16-19-22-25-28-30-31-32-33-34-35-36-37-38-39-40-42-44-47-50-53-56-59-62-68(71)74-65-66(64-73-67(70)61-58-55-52-49-46-43-27-24-21-18-15-12-9-6-3)75-69(72)63-60-57-54-51-48-45-41-29-26-23-20-17-14-11-8-5-2/h29-31,41,66H,4-28,32-40,42-65H2,1-3H3/b31-30-,41-29-. The fraction of sp³-hybridized carbons (Fsp3) is 0.899. The Hall–Kier alpha value is -2.11. The van der Waals surface area contributed by atoms with Crippen molar-refractivity contribution in [2.24, 2.45) is 0 Å². The van der Waals surface area contributed by atoms with Gasteiger partial charge in [-0.2, -0.15) is 0 Å². The van der Waals surface area contributed by atoms with Crippen molar-refractivity contribution in [3.05, 3.63) is 24.3 Å². The van der Waals surface area contributed by atoms with Crippen LogP contribution in [0.1, 0.15) is 380 Å². The first-order chi connectivity index (χ1) is 37.0. The van der Waals surface area contributed by atoms with E-state index in [4.69, 9.17) is 14.2 Å². The maximum atomic E-state index is 12.9. The molecule has 442 valence electrons. The summed E-state index contributed by atoms with van der Waals surface area (Å²) in [5.74, 6) is -0.849. The molecule has 0 saturated carbocycles. The summed E-state index contributed by atoms with van der Waals surface area (Å²) in [6.07, 6.45) is 77.7. The largest absolute Gasteiger partial charge is 0.462 e. The molecule has 0 aliphatic heterocycles. The number of carbonyl (C=O) groups is 3. The Balaban J connectivity index is 4.20. The van der Waals surface area contributed by atoms with Crippen LogP contribution in [0.3, 0.4) is 0 Å². The first-order valence-electron chi connectivity index (χ1n) is 33.8. The fourth-order valence-corrected chi connectivity index (χ4v) is 10.3. The van der Waals surface area contributed by atoms with E-state index >= 15 is 0 Å². The summed E-state index contributed by atoms with van der Waals surface area (Å²) in [6, 6.07) is 0. The Kier molecular flexibility index (Phi) is 62.6. The lowest BCUT2D eigenvalue weighted by Crippen LogP contribution is -2.30. The maximum Gasteiger partial charge on any atom is 0.306 e. The van der Waals surface area contributed by atoms with Crippen molar-refractivity contribution >= 4 is 17.9 Å². The molecular weight excluding hydrogens is 925 g/mol. The van der Waals surface area contributed by atoms with Gasteiger partial charge in [-0.25, -0.2) is 0 Å². The zero-order valence-electron chi connectivity index (χ0n) is 50.8. The second kappa shape index (κ2) is 64.4. The van der Waals surface area contributed by atoms with Crippen LogP contribution < -0.4 is 0 Å². The average molecular weight is 1060 g/mol. The SMILES string of the molecule is CCCCCCCCC/C=C\CCCCCCCC(=O)OC(COC(=O)CCCCCCCCCCCCCCCC)COC(=O)CCCCCCCCCCCCCCCCC/C=C\CCCCCCCCCC. The van der Waals surface area contributed by atoms with Crippen molar-refractivity contribution in [2.75, 3.05) is 13.2 Å². The van der Waals surface area contributed by atoms with Crippen LogP contribution in [-0.4, -0.2) is 37.2 Å². The molecule has 0 bridgehead atoms. The Bertz CT molecular complexity index is 1210. The maximum absolute atomic E-state index is 12.9. The molecule has 1 atom stereocenters. The molecule has 0 fully saturated rings. The van der Waals surface area contributed by atoms with Gasteiger partial charge in [0, 0.05) is 19.3 Å². The molecule has 0 rings (SSSR count). The molecule has 0 radical (unpaired) electrons. The lowest BCUT2D eigenvalue weighted by molar-refractivity contribution is -0.167. The summed E-state index contributed by atoms with van der Waals surface area (Å²) >= 11 is 0. The van der Waals surface area contributed by atoms with E-state index in [-0.39, 0.29) is 31.1 Å². The highest BCUT2D eigenvalue weighted by molar-refractivity contribution is 5.71. The summed E-state index contributed by atoms with van der Waals surface area (Å²) < 4.78 is 17.0. The first-order valence-corrected chi connectivity index (χ1v) is 33.8. The number of hydrogen-bond donors (Lipinski definition) is 0. The molecule has 0 heterocycles. The minimum Gasteiger partial charge on any atom is -0.462 e. The van der Waals surface area contributed by atoms with Crippen molar-refractivity contribution < 1.29 is 28.6 Å². The van der Waals surface area contributed by atoms with Gasteiger partial charge in [0.15, 0.2) is 6.10 Å². The van der Waals surface area contributed by atoms with Crippen molar-refractivity contribution in [1.29, 1.82) is 0 Å². The van der Waals surface area contributed by atoms with Gasteiger partial charge in [-0.1, -0.05) is 315 Å². The van der Waals surface area contributed by atoms with Gasteiger partial charge in [0.2, 0.25) is 0 Å². The summed E-state index contributed by atoms with van der Waals surface area (Å²) in [4.78, 5) is 38.3. The van der Waals surface area contributed by atoms with Crippen LogP contribution in [0.5, 0.6) is 0 Å². The number of allylic oxidation sites excluding steroid dienone is 4. The van der Waals surface area contributed by atoms with Crippen LogP contribution in [0, 0.1) is 0 Å². The van der Waals surface area contributed by atoms with Gasteiger partial charge in [0.1, 0.15) is 13.2 Å². The van der Waals surface area contributed by atoms with Crippen LogP contribution in [0.25, 0.3) is 0 Å². The molecule has 0 N–H and O–H groups in total. The number of unbranched alkanes of at least 4 members (excludes halogenated alkanes) is 48. The van der Waals surface area contributed by atoms with Crippen LogP contribution in [0.4, 0.5) is 0 Å². The van der Waals surface area contributed by atoms with Gasteiger partial charge in [0.25, 0.3) is 0 Å². The third-order valence-corrected chi connectivity index (χ3v) is 15.4. The molecule has 6 nitrogen and oxygen atoms in total. The zero-order valence-corrected chi connectivity index (χ0v) is 50.8. The second-order valence-electron chi connectivity index (χ2n) is 23.1. The Labute approximate surface area is 468 Å². The predicted molar refractivity (Wildman–Crippen MR) is 326 cm³/mol. The summed E-state index contributed by atoms with van der Waals surface area (Å²) in [5.41, 5.74) is 0. The minimum absolute atomic E-state index is 0.0688. The quantitative estimate of drug-likeness (QED) is 0.0261. The Morgan fingerprint density at radius 2 is 0.440 bits per heavy atom. The summed E-state index contributed by atoms with van der Waals surface area (Å²) in [5, 5.41) is 0. The van der Waals surface area contributed by atoms with Crippen LogP contribution in [0.15, 0.2) is 24.3 Å². The smallest absolute Gasteiger partial charge is 0.306 e. The fourth-order valence-electron chi connectivity index (χ4n) is 10.3. The van der Waals surface area contributed by atoms with Gasteiger partial charge in [-0.15, -0.1) is 0 Å². The molecule has 0 aromatic carbocycles. The molecule has 0 aliphatic carbocycles. The summed E-state index contributed by atoms with van der Waals surface area (Å²) in [6.45, 7) is 6.70. The van der Waals surface area contributed by atoms with Gasteiger partial charge < -0.3 is 14.2 Å². The highest BCUT2D eigenvalue weighted by atomic mass is 16.6. The molecule has 0 aliphatic rings. The third-order valence-electron chi connectivity index (χ3n) is 15.4. The highest BCUT2D eigenvalue weighted by Gasteiger charge is 2.19. The van der Waals surface area contributed by atoms with Crippen molar-refractivity contribution in [3.8, 4) is 0 Å². The number of hydrogen-bond acceptors (Lipinski definition) is 6. The van der Waals surface area contributed by atoms with Crippen LogP contribution >= 0.6 is 0 Å². The van der Waals surface area contributed by atoms with Gasteiger partial charge in [0.05, 0.1) is 0 Å². The molecule has 0 saturated heterocycles. The van der Waals surface area contributed by atoms with E-state index < -0.39 is 6.10 Å². The van der Waals surface area contributed by atoms with E-state index in [2.05, 4.69) is 45.1 Å². The monoisotopic (exact) mass is 1050 g/mol. The van der Waals surface area contributed by atoms with E-state index in [0.717, 1.165) is 64.2 Å². The first kappa shape index (κ1) is 72.9. The molecule has 6 heteroatoms. The molecule has 0 aromatic rings. The minimum atomic E-state index is -0.772. The highest BCUT2D eigenvalue weighted by Crippen LogP contribution is 2.18. The molecule has 0 amide bonds. The van der Waals surface area contributed by atoms with Crippen molar-refractivity contribution in [1.82, 2.24) is 0 Å². The van der Waals surface area contributed by atoms with Gasteiger partial charge >= 0.3 is 17.9 Å². The topological polar surface area (TPSA) is 78.9 Å². The summed E-state index contributed by atoms with van der Waals surface area (Å²) in [7, 11) is 0. The second-order valence-corrected chi connectivity index (χ2v) is 23.1. The number of rotatable bonds is 63. The molecule has 75 heavy (non-hydrogen) atoms. The van der Waals surface area contributed by atoms with Crippen molar-refractivity contribution in [3.63, 3.8) is 0 Å². The average Bonchev–Trinajstić information content (AvgIpc) is 3.41. The third kappa shape index (κ3) is 62.6. The van der Waals surface area contributed by atoms with E-state index in [1.165, 1.54) is 276 Å². The molecular formula is C69H130O6. The molecule has 1 unspecified atom stereocenters. The van der Waals surface area contributed by atoms with E-state index in [1.54, 1.807) is 0 Å². The van der Waals surface area contributed by atoms with Crippen LogP contribution in [0.2, 0.25) is 0 Å². The number of ether oxygens (including phenoxy) is 3. The van der Waals surface area contributed by atoms with Crippen LogP contribution in [-0.2, 0) is 28.6 Å². The normalized spacial score (nSPS) is 12.1. The predicted octanol–water partition coefficient (Wildman–Crippen LogP) is 23.0. The van der Waals surface area contributed by atoms with Gasteiger partial charge in [-0.3, -0.25) is 14.4 Å². The number of esters is 3. The number of carbonyl (C=O) groups excluding carboxylic acids is 3. The molecule has 0 spiro atoms.